The molecule has 10 heteroatoms. The predicted molar refractivity (Wildman–Crippen MR) is 68.3 cm³/mol. The minimum absolute atomic E-state index is 0.0969. The fraction of sp³-hybridized carbons (Fsp3) is 0.300. The van der Waals surface area contributed by atoms with E-state index in [4.69, 9.17) is 5.73 Å². The van der Waals surface area contributed by atoms with Crippen molar-refractivity contribution in [2.24, 2.45) is 0 Å². The van der Waals surface area contributed by atoms with E-state index < -0.39 is 45.0 Å². The van der Waals surface area contributed by atoms with Crippen molar-refractivity contribution in [3.05, 3.63) is 28.3 Å². The fourth-order valence-electron chi connectivity index (χ4n) is 2.01. The SMILES string of the molecule is Nc1ccc(N2CC(S(=O)(=O)F)CC2=O)c([N+](=O)[O-])c1. The molecule has 0 spiro atoms. The molecule has 108 valence electrons. The third kappa shape index (κ3) is 2.54. The van der Waals surface area contributed by atoms with Crippen LogP contribution in [0.15, 0.2) is 18.2 Å². The van der Waals surface area contributed by atoms with E-state index in [0.717, 1.165) is 11.0 Å². The number of hydrogen-bond donors (Lipinski definition) is 1. The van der Waals surface area contributed by atoms with Gasteiger partial charge in [-0.1, -0.05) is 0 Å². The summed E-state index contributed by atoms with van der Waals surface area (Å²) in [5, 5.41) is 9.43. The van der Waals surface area contributed by atoms with Crippen LogP contribution in [0.5, 0.6) is 0 Å². The second-order valence-electron chi connectivity index (χ2n) is 4.31. The Hall–Kier alpha value is -2.23. The summed E-state index contributed by atoms with van der Waals surface area (Å²) in [4.78, 5) is 22.8. The highest BCUT2D eigenvalue weighted by Crippen LogP contribution is 2.34. The number of nitro groups is 1. The lowest BCUT2D eigenvalue weighted by Crippen LogP contribution is -2.27. The molecule has 0 aromatic heterocycles. The molecule has 0 aliphatic carbocycles. The topological polar surface area (TPSA) is 124 Å². The Balaban J connectivity index is 2.43. The zero-order chi connectivity index (χ0) is 15.1. The number of carbonyl (C=O) groups is 1. The molecule has 0 saturated carbocycles. The Labute approximate surface area is 113 Å². The molecule has 1 heterocycles. The Kier molecular flexibility index (Phi) is 3.34. The van der Waals surface area contributed by atoms with Gasteiger partial charge in [0.25, 0.3) is 5.69 Å². The van der Waals surface area contributed by atoms with Crippen LogP contribution in [0.1, 0.15) is 6.42 Å². The Morgan fingerprint density at radius 2 is 2.10 bits per heavy atom. The summed E-state index contributed by atoms with van der Waals surface area (Å²) >= 11 is 0. The lowest BCUT2D eigenvalue weighted by Gasteiger charge is -2.16. The first kappa shape index (κ1) is 14.2. The predicted octanol–water partition coefficient (Wildman–Crippen LogP) is 0.582. The van der Waals surface area contributed by atoms with Gasteiger partial charge in [0.15, 0.2) is 0 Å². The third-order valence-electron chi connectivity index (χ3n) is 2.97. The van der Waals surface area contributed by atoms with E-state index in [1.165, 1.54) is 12.1 Å². The number of anilines is 2. The average Bonchev–Trinajstić information content (AvgIpc) is 2.71. The number of nitrogens with zero attached hydrogens (tertiary/aromatic N) is 2. The lowest BCUT2D eigenvalue weighted by molar-refractivity contribution is -0.384. The van der Waals surface area contributed by atoms with Crippen LogP contribution in [-0.2, 0) is 15.0 Å². The van der Waals surface area contributed by atoms with Gasteiger partial charge in [0.2, 0.25) is 5.91 Å². The van der Waals surface area contributed by atoms with Crippen LogP contribution in [-0.4, -0.2) is 31.0 Å². The molecular formula is C10H10FN3O5S. The van der Waals surface area contributed by atoms with E-state index in [1.807, 2.05) is 0 Å². The molecule has 2 N–H and O–H groups in total. The van der Waals surface area contributed by atoms with E-state index in [9.17, 15) is 27.2 Å². The first-order chi connectivity index (χ1) is 9.20. The summed E-state index contributed by atoms with van der Waals surface area (Å²) in [5.41, 5.74) is 5.03. The van der Waals surface area contributed by atoms with E-state index in [2.05, 4.69) is 0 Å². The van der Waals surface area contributed by atoms with Crippen LogP contribution in [0, 0.1) is 10.1 Å². The Bertz CT molecular complexity index is 690. The van der Waals surface area contributed by atoms with E-state index >= 15 is 0 Å². The molecule has 1 atom stereocenters. The lowest BCUT2D eigenvalue weighted by atomic mass is 10.2. The standard InChI is InChI=1S/C10H10FN3O5S/c11-20(18,19)7-4-10(15)13(5-7)8-2-1-6(12)3-9(8)14(16)17/h1-3,7H,4-5,12H2. The van der Waals surface area contributed by atoms with Gasteiger partial charge >= 0.3 is 10.2 Å². The third-order valence-corrected chi connectivity index (χ3v) is 4.09. The molecule has 0 radical (unpaired) electrons. The number of nitrogens with two attached hydrogens (primary N) is 1. The van der Waals surface area contributed by atoms with Gasteiger partial charge in [-0.05, 0) is 12.1 Å². The van der Waals surface area contributed by atoms with Crippen molar-refractivity contribution in [1.82, 2.24) is 0 Å². The number of hydrogen-bond acceptors (Lipinski definition) is 6. The van der Waals surface area contributed by atoms with E-state index in [1.54, 1.807) is 0 Å². The first-order valence-corrected chi connectivity index (χ1v) is 6.92. The van der Waals surface area contributed by atoms with Gasteiger partial charge in [0.1, 0.15) is 10.9 Å². The highest BCUT2D eigenvalue weighted by Gasteiger charge is 2.41. The quantitative estimate of drug-likeness (QED) is 0.377. The van der Waals surface area contributed by atoms with Gasteiger partial charge < -0.3 is 10.6 Å². The molecule has 1 aliphatic rings. The minimum atomic E-state index is -4.87. The average molecular weight is 303 g/mol. The molecule has 0 bridgehead atoms. The molecular weight excluding hydrogens is 293 g/mol. The Morgan fingerprint density at radius 1 is 1.45 bits per heavy atom. The molecule has 2 rings (SSSR count). The largest absolute Gasteiger partial charge is 0.399 e. The Morgan fingerprint density at radius 3 is 2.60 bits per heavy atom. The summed E-state index contributed by atoms with van der Waals surface area (Å²) in [7, 11) is -4.87. The summed E-state index contributed by atoms with van der Waals surface area (Å²) in [6.45, 7) is -0.456. The number of nitro benzene ring substituents is 1. The second-order valence-corrected chi connectivity index (χ2v) is 5.93. The van der Waals surface area contributed by atoms with Crippen molar-refractivity contribution in [3.8, 4) is 0 Å². The van der Waals surface area contributed by atoms with Gasteiger partial charge in [-0.15, -0.1) is 3.89 Å². The smallest absolute Gasteiger partial charge is 0.307 e. The molecule has 1 saturated heterocycles. The number of benzene rings is 1. The highest BCUT2D eigenvalue weighted by atomic mass is 32.3. The summed E-state index contributed by atoms with van der Waals surface area (Å²) in [6.07, 6.45) is -0.541. The number of amides is 1. The summed E-state index contributed by atoms with van der Waals surface area (Å²) in [6, 6.07) is 3.63. The maximum Gasteiger partial charge on any atom is 0.307 e. The number of rotatable bonds is 3. The summed E-state index contributed by atoms with van der Waals surface area (Å²) < 4.78 is 34.6. The maximum atomic E-state index is 12.9. The van der Waals surface area contributed by atoms with Crippen LogP contribution in [0.4, 0.5) is 20.9 Å². The normalized spacial score (nSPS) is 19.4. The van der Waals surface area contributed by atoms with Gasteiger partial charge in [-0.2, -0.15) is 8.42 Å². The molecule has 8 nitrogen and oxygen atoms in total. The van der Waals surface area contributed by atoms with Gasteiger partial charge in [0, 0.05) is 24.7 Å². The van der Waals surface area contributed by atoms with Crippen molar-refractivity contribution < 1.29 is 22.0 Å². The molecule has 1 aliphatic heterocycles. The molecule has 1 amide bonds. The van der Waals surface area contributed by atoms with E-state index in [0.29, 0.717) is 0 Å². The maximum absolute atomic E-state index is 12.9. The van der Waals surface area contributed by atoms with Crippen LogP contribution >= 0.6 is 0 Å². The molecule has 20 heavy (non-hydrogen) atoms. The molecule has 1 unspecified atom stereocenters. The van der Waals surface area contributed by atoms with Gasteiger partial charge in [0.05, 0.1) is 4.92 Å². The van der Waals surface area contributed by atoms with Crippen LogP contribution < -0.4 is 10.6 Å². The van der Waals surface area contributed by atoms with Gasteiger partial charge in [-0.3, -0.25) is 14.9 Å². The zero-order valence-corrected chi connectivity index (χ0v) is 10.8. The number of carbonyl (C=O) groups excluding carboxylic acids is 1. The van der Waals surface area contributed by atoms with Crippen molar-refractivity contribution in [2.45, 2.75) is 11.7 Å². The van der Waals surface area contributed by atoms with E-state index in [-0.39, 0.29) is 11.4 Å². The number of nitrogen functional groups attached to an aromatic ring is 1. The van der Waals surface area contributed by atoms with Crippen LogP contribution in [0.3, 0.4) is 0 Å². The monoisotopic (exact) mass is 303 g/mol. The van der Waals surface area contributed by atoms with Crippen LogP contribution in [0.25, 0.3) is 0 Å². The minimum Gasteiger partial charge on any atom is -0.399 e. The van der Waals surface area contributed by atoms with Crippen LogP contribution in [0.2, 0.25) is 0 Å². The van der Waals surface area contributed by atoms with Crippen molar-refractivity contribution in [3.63, 3.8) is 0 Å². The van der Waals surface area contributed by atoms with Gasteiger partial charge in [-0.25, -0.2) is 0 Å². The fourth-order valence-corrected chi connectivity index (χ4v) is 2.68. The molecule has 1 aromatic rings. The van der Waals surface area contributed by atoms with Crippen molar-refractivity contribution >= 4 is 33.2 Å². The number of halogens is 1. The summed E-state index contributed by atoms with van der Waals surface area (Å²) in [5.74, 6) is -0.691. The molecule has 1 fully saturated rings. The highest BCUT2D eigenvalue weighted by molar-refractivity contribution is 7.87. The van der Waals surface area contributed by atoms with Crippen molar-refractivity contribution in [2.75, 3.05) is 17.2 Å². The van der Waals surface area contributed by atoms with Crippen molar-refractivity contribution in [1.29, 1.82) is 0 Å². The zero-order valence-electron chi connectivity index (χ0n) is 10.0. The molecule has 1 aromatic carbocycles. The first-order valence-electron chi connectivity index (χ1n) is 5.48. The second kappa shape index (κ2) is 4.71.